The van der Waals surface area contributed by atoms with Crippen molar-refractivity contribution in [3.63, 3.8) is 0 Å². The zero-order valence-electron chi connectivity index (χ0n) is 12.1. The van der Waals surface area contributed by atoms with Crippen LogP contribution in [0.1, 0.15) is 22.8 Å². The van der Waals surface area contributed by atoms with Crippen LogP contribution in [0.2, 0.25) is 0 Å². The topological polar surface area (TPSA) is 50.1 Å². The second-order valence-corrected chi connectivity index (χ2v) is 5.09. The zero-order chi connectivity index (χ0) is 16.2. The lowest BCUT2D eigenvalue weighted by Gasteiger charge is -2.18. The minimum absolute atomic E-state index is 0.0490. The summed E-state index contributed by atoms with van der Waals surface area (Å²) < 4.78 is 40.4. The summed E-state index contributed by atoms with van der Waals surface area (Å²) >= 11 is 0. The Morgan fingerprint density at radius 2 is 2.05 bits per heavy atom. The highest BCUT2D eigenvalue weighted by Gasteiger charge is 2.34. The van der Waals surface area contributed by atoms with Crippen molar-refractivity contribution < 1.29 is 18.3 Å². The Bertz CT molecular complexity index is 610. The molecule has 22 heavy (non-hydrogen) atoms. The summed E-state index contributed by atoms with van der Waals surface area (Å²) in [5.41, 5.74) is 0.128. The lowest BCUT2D eigenvalue weighted by atomic mass is 10.0. The van der Waals surface area contributed by atoms with Gasteiger partial charge >= 0.3 is 6.18 Å². The maximum absolute atomic E-state index is 12.9. The minimum atomic E-state index is -4.47. The Morgan fingerprint density at radius 1 is 1.32 bits per heavy atom. The molecular formula is C15H18F3N3O. The molecule has 0 amide bonds. The molecule has 0 saturated heterocycles. The molecule has 0 aliphatic rings. The fourth-order valence-corrected chi connectivity index (χ4v) is 2.18. The predicted octanol–water partition coefficient (Wildman–Crippen LogP) is 2.53. The molecule has 0 aliphatic heterocycles. The van der Waals surface area contributed by atoms with Gasteiger partial charge in [-0.1, -0.05) is 18.2 Å². The van der Waals surface area contributed by atoms with E-state index in [1.807, 2.05) is 13.1 Å². The molecule has 0 fully saturated rings. The van der Waals surface area contributed by atoms with Crippen LogP contribution < -0.4 is 5.32 Å². The number of hydrogen-bond donors (Lipinski definition) is 2. The Hall–Kier alpha value is -1.86. The summed E-state index contributed by atoms with van der Waals surface area (Å²) in [7, 11) is 0. The van der Waals surface area contributed by atoms with Crippen molar-refractivity contribution in [1.29, 1.82) is 0 Å². The number of alkyl halides is 3. The first-order valence-corrected chi connectivity index (χ1v) is 6.92. The van der Waals surface area contributed by atoms with E-state index in [1.165, 1.54) is 18.2 Å². The van der Waals surface area contributed by atoms with Gasteiger partial charge in [0.1, 0.15) is 0 Å². The molecule has 0 radical (unpaired) electrons. The third-order valence-electron chi connectivity index (χ3n) is 3.24. The van der Waals surface area contributed by atoms with Crippen molar-refractivity contribution in [1.82, 2.24) is 15.1 Å². The molecule has 120 valence electrons. The van der Waals surface area contributed by atoms with Crippen LogP contribution in [-0.2, 0) is 12.7 Å². The molecule has 0 spiro atoms. The predicted molar refractivity (Wildman–Crippen MR) is 76.2 cm³/mol. The van der Waals surface area contributed by atoms with Crippen molar-refractivity contribution in [2.75, 3.05) is 13.1 Å². The monoisotopic (exact) mass is 313 g/mol. The molecule has 1 heterocycles. The summed E-state index contributed by atoms with van der Waals surface area (Å²) in [5, 5.41) is 17.0. The van der Waals surface area contributed by atoms with Crippen LogP contribution >= 0.6 is 0 Å². The van der Waals surface area contributed by atoms with E-state index < -0.39 is 17.8 Å². The lowest BCUT2D eigenvalue weighted by molar-refractivity contribution is -0.139. The van der Waals surface area contributed by atoms with Gasteiger partial charge in [-0.2, -0.15) is 18.3 Å². The highest BCUT2D eigenvalue weighted by atomic mass is 19.4. The van der Waals surface area contributed by atoms with Gasteiger partial charge in [0.25, 0.3) is 0 Å². The number of aliphatic hydroxyl groups is 1. The Morgan fingerprint density at radius 3 is 2.68 bits per heavy atom. The van der Waals surface area contributed by atoms with E-state index >= 15 is 0 Å². The molecule has 4 nitrogen and oxygen atoms in total. The average Bonchev–Trinajstić information content (AvgIpc) is 2.88. The van der Waals surface area contributed by atoms with Gasteiger partial charge in [-0.05, 0) is 24.1 Å². The molecule has 2 N–H and O–H groups in total. The molecule has 1 unspecified atom stereocenters. The summed E-state index contributed by atoms with van der Waals surface area (Å²) in [6, 6.07) is 5.07. The number of aliphatic hydroxyl groups excluding tert-OH is 1. The maximum atomic E-state index is 12.9. The number of halogens is 3. The average molecular weight is 313 g/mol. The highest BCUT2D eigenvalue weighted by molar-refractivity contribution is 5.31. The summed E-state index contributed by atoms with van der Waals surface area (Å²) in [4.78, 5) is 0. The van der Waals surface area contributed by atoms with Gasteiger partial charge in [0.05, 0.1) is 24.4 Å². The van der Waals surface area contributed by atoms with Gasteiger partial charge in [0.2, 0.25) is 0 Å². The number of hydrogen-bond acceptors (Lipinski definition) is 3. The molecular weight excluding hydrogens is 295 g/mol. The first kappa shape index (κ1) is 16.5. The number of aromatic nitrogens is 2. The number of nitrogens with one attached hydrogen (secondary N) is 1. The second kappa shape index (κ2) is 6.93. The fraction of sp³-hybridized carbons (Fsp3) is 0.400. The SMILES string of the molecule is Cc1cnn(CCNCC(O)c2ccccc2C(F)(F)F)c1. The normalized spacial score (nSPS) is 13.3. The minimum Gasteiger partial charge on any atom is -0.387 e. The van der Waals surface area contributed by atoms with E-state index in [1.54, 1.807) is 10.9 Å². The molecule has 0 saturated carbocycles. The molecule has 1 aromatic heterocycles. The summed E-state index contributed by atoms with van der Waals surface area (Å²) in [5.74, 6) is 0. The summed E-state index contributed by atoms with van der Waals surface area (Å²) in [6.07, 6.45) is -2.08. The molecule has 0 bridgehead atoms. The van der Waals surface area contributed by atoms with Crippen LogP contribution in [0.25, 0.3) is 0 Å². The number of nitrogens with zero attached hydrogens (tertiary/aromatic N) is 2. The van der Waals surface area contributed by atoms with E-state index in [2.05, 4.69) is 10.4 Å². The van der Waals surface area contributed by atoms with Gasteiger partial charge in [-0.15, -0.1) is 0 Å². The van der Waals surface area contributed by atoms with E-state index in [-0.39, 0.29) is 12.1 Å². The smallest absolute Gasteiger partial charge is 0.387 e. The van der Waals surface area contributed by atoms with E-state index in [4.69, 9.17) is 0 Å². The van der Waals surface area contributed by atoms with Crippen LogP contribution in [0.4, 0.5) is 13.2 Å². The molecule has 1 atom stereocenters. The maximum Gasteiger partial charge on any atom is 0.416 e. The first-order chi connectivity index (χ1) is 10.4. The molecule has 1 aromatic carbocycles. The molecule has 2 rings (SSSR count). The van der Waals surface area contributed by atoms with Crippen LogP contribution in [0.5, 0.6) is 0 Å². The second-order valence-electron chi connectivity index (χ2n) is 5.09. The van der Waals surface area contributed by atoms with Crippen LogP contribution in [-0.4, -0.2) is 28.0 Å². The highest BCUT2D eigenvalue weighted by Crippen LogP contribution is 2.34. The number of benzene rings is 1. The Kier molecular flexibility index (Phi) is 5.20. The first-order valence-electron chi connectivity index (χ1n) is 6.92. The Balaban J connectivity index is 1.88. The largest absolute Gasteiger partial charge is 0.416 e. The van der Waals surface area contributed by atoms with Crippen molar-refractivity contribution in [2.24, 2.45) is 0 Å². The van der Waals surface area contributed by atoms with Crippen molar-refractivity contribution in [2.45, 2.75) is 25.7 Å². The fourth-order valence-electron chi connectivity index (χ4n) is 2.18. The van der Waals surface area contributed by atoms with Gasteiger partial charge in [0.15, 0.2) is 0 Å². The lowest BCUT2D eigenvalue weighted by Crippen LogP contribution is -2.26. The molecule has 0 aliphatic carbocycles. The van der Waals surface area contributed by atoms with E-state index in [0.29, 0.717) is 13.1 Å². The van der Waals surface area contributed by atoms with Crippen LogP contribution in [0.3, 0.4) is 0 Å². The number of rotatable bonds is 6. The molecule has 2 aromatic rings. The Labute approximate surface area is 126 Å². The van der Waals surface area contributed by atoms with Gasteiger partial charge in [-0.25, -0.2) is 0 Å². The summed E-state index contributed by atoms with van der Waals surface area (Å²) in [6.45, 7) is 3.07. The zero-order valence-corrected chi connectivity index (χ0v) is 12.1. The van der Waals surface area contributed by atoms with Crippen LogP contribution in [0.15, 0.2) is 36.7 Å². The standard InChI is InChI=1S/C15H18F3N3O/c1-11-8-20-21(10-11)7-6-19-9-14(22)12-4-2-3-5-13(12)15(16,17)18/h2-5,8,10,14,19,22H,6-7,9H2,1H3. The van der Waals surface area contributed by atoms with Crippen molar-refractivity contribution >= 4 is 0 Å². The van der Waals surface area contributed by atoms with Gasteiger partial charge < -0.3 is 10.4 Å². The van der Waals surface area contributed by atoms with E-state index in [9.17, 15) is 18.3 Å². The van der Waals surface area contributed by atoms with Gasteiger partial charge in [-0.3, -0.25) is 4.68 Å². The number of aryl methyl sites for hydroxylation is 1. The van der Waals surface area contributed by atoms with Crippen LogP contribution in [0, 0.1) is 6.92 Å². The molecule has 7 heteroatoms. The van der Waals surface area contributed by atoms with Gasteiger partial charge in [0, 0.05) is 19.3 Å². The third kappa shape index (κ3) is 4.32. The quantitative estimate of drug-likeness (QED) is 0.806. The van der Waals surface area contributed by atoms with Crippen molar-refractivity contribution in [3.05, 3.63) is 53.3 Å². The third-order valence-corrected chi connectivity index (χ3v) is 3.24. The van der Waals surface area contributed by atoms with E-state index in [0.717, 1.165) is 11.6 Å². The van der Waals surface area contributed by atoms with Crippen molar-refractivity contribution in [3.8, 4) is 0 Å².